The number of aliphatic hydroxyl groups is 1. The number of rotatable bonds is 4. The van der Waals surface area contributed by atoms with Crippen molar-refractivity contribution in [2.75, 3.05) is 0 Å². The zero-order chi connectivity index (χ0) is 15.7. The van der Waals surface area contributed by atoms with Crippen LogP contribution in [0, 0.1) is 12.7 Å². The van der Waals surface area contributed by atoms with E-state index in [-0.39, 0.29) is 17.5 Å². The van der Waals surface area contributed by atoms with Crippen molar-refractivity contribution in [3.05, 3.63) is 39.6 Å². The first-order chi connectivity index (χ1) is 9.81. The molecule has 1 heterocycles. The molecule has 0 spiro atoms. The molecule has 114 valence electrons. The predicted molar refractivity (Wildman–Crippen MR) is 79.1 cm³/mol. The molecule has 7 heteroatoms. The van der Waals surface area contributed by atoms with Gasteiger partial charge in [0.05, 0.1) is 6.10 Å². The molecule has 0 radical (unpaired) electrons. The second-order valence-electron chi connectivity index (χ2n) is 5.19. The van der Waals surface area contributed by atoms with Crippen molar-refractivity contribution in [2.24, 2.45) is 0 Å². The molecule has 2 N–H and O–H groups in total. The topological polar surface area (TPSA) is 70.9 Å². The fraction of sp³-hybridized carbons (Fsp3) is 0.429. The molecule has 0 aliphatic rings. The zero-order valence-electron chi connectivity index (χ0n) is 12.3. The van der Waals surface area contributed by atoms with Crippen LogP contribution in [0.15, 0.2) is 27.0 Å². The van der Waals surface area contributed by atoms with Crippen molar-refractivity contribution in [2.45, 2.75) is 49.9 Å². The van der Waals surface area contributed by atoms with Crippen LogP contribution in [-0.2, 0) is 0 Å². The van der Waals surface area contributed by atoms with Crippen LogP contribution < -0.4 is 5.69 Å². The fourth-order valence-electron chi connectivity index (χ4n) is 2.00. The molecule has 0 amide bonds. The van der Waals surface area contributed by atoms with Gasteiger partial charge in [-0.2, -0.15) is 0 Å². The van der Waals surface area contributed by atoms with Crippen molar-refractivity contribution in [3.63, 3.8) is 0 Å². The molecule has 0 aliphatic heterocycles. The van der Waals surface area contributed by atoms with Crippen LogP contribution in [0.25, 0.3) is 0 Å². The highest BCUT2D eigenvalue weighted by Crippen LogP contribution is 2.34. The summed E-state index contributed by atoms with van der Waals surface area (Å²) >= 11 is 1.24. The average Bonchev–Trinajstić information content (AvgIpc) is 2.74. The second kappa shape index (κ2) is 6.03. The third-order valence-electron chi connectivity index (χ3n) is 3.13. The lowest BCUT2D eigenvalue weighted by atomic mass is 10.1. The second-order valence-corrected chi connectivity index (χ2v) is 6.20. The number of nitrogens with one attached hydrogen (secondary N) is 1. The number of aromatic nitrogens is 3. The summed E-state index contributed by atoms with van der Waals surface area (Å²) in [6.07, 6.45) is -0.805. The number of aromatic amines is 1. The van der Waals surface area contributed by atoms with E-state index in [1.807, 2.05) is 13.8 Å². The number of halogens is 1. The van der Waals surface area contributed by atoms with Crippen molar-refractivity contribution in [1.29, 1.82) is 0 Å². The summed E-state index contributed by atoms with van der Waals surface area (Å²) in [5.74, 6) is -0.362. The van der Waals surface area contributed by atoms with E-state index in [2.05, 4.69) is 10.2 Å². The van der Waals surface area contributed by atoms with E-state index in [0.29, 0.717) is 21.2 Å². The minimum atomic E-state index is -0.805. The first-order valence-electron chi connectivity index (χ1n) is 6.64. The molecular formula is C14H18FN3O2S. The molecule has 5 nitrogen and oxygen atoms in total. The van der Waals surface area contributed by atoms with Gasteiger partial charge in [0, 0.05) is 10.9 Å². The average molecular weight is 311 g/mol. The van der Waals surface area contributed by atoms with Gasteiger partial charge in [0.1, 0.15) is 5.82 Å². The van der Waals surface area contributed by atoms with Crippen molar-refractivity contribution < 1.29 is 9.50 Å². The monoisotopic (exact) mass is 311 g/mol. The fourth-order valence-corrected chi connectivity index (χ4v) is 3.26. The Balaban J connectivity index is 2.49. The first kappa shape index (κ1) is 15.8. The van der Waals surface area contributed by atoms with Crippen LogP contribution in [0.5, 0.6) is 0 Å². The van der Waals surface area contributed by atoms with Gasteiger partial charge in [-0.15, -0.1) is 5.10 Å². The Kier molecular flexibility index (Phi) is 4.53. The SMILES string of the molecule is Cc1cc(Sc2n[nH]c(=O)n2C(C)C)c([C@@H](C)O)cc1F. The number of hydrogen-bond donors (Lipinski definition) is 2. The summed E-state index contributed by atoms with van der Waals surface area (Å²) in [5, 5.41) is 16.7. The van der Waals surface area contributed by atoms with E-state index in [0.717, 1.165) is 0 Å². The van der Waals surface area contributed by atoms with E-state index < -0.39 is 6.10 Å². The van der Waals surface area contributed by atoms with Gasteiger partial charge in [-0.05, 0) is 62.7 Å². The van der Waals surface area contributed by atoms with Gasteiger partial charge in [-0.3, -0.25) is 4.57 Å². The molecule has 1 aromatic heterocycles. The standard InChI is InChI=1S/C14H18FN3O2S/c1-7(2)18-13(20)16-17-14(18)21-12-5-8(3)11(15)6-10(12)9(4)19/h5-7,9,19H,1-4H3,(H,16,20)/t9-/m1/s1. The maximum atomic E-state index is 13.7. The summed E-state index contributed by atoms with van der Waals surface area (Å²) in [5.41, 5.74) is 0.676. The first-order valence-corrected chi connectivity index (χ1v) is 7.45. The number of benzene rings is 1. The number of aliphatic hydroxyl groups excluding tert-OH is 1. The Morgan fingerprint density at radius 3 is 2.62 bits per heavy atom. The molecule has 0 unspecified atom stereocenters. The Labute approximate surface area is 126 Å². The van der Waals surface area contributed by atoms with E-state index in [9.17, 15) is 14.3 Å². The van der Waals surface area contributed by atoms with Gasteiger partial charge < -0.3 is 5.11 Å². The highest BCUT2D eigenvalue weighted by molar-refractivity contribution is 7.99. The lowest BCUT2D eigenvalue weighted by molar-refractivity contribution is 0.196. The van der Waals surface area contributed by atoms with Crippen LogP contribution in [-0.4, -0.2) is 19.9 Å². The zero-order valence-corrected chi connectivity index (χ0v) is 13.2. The van der Waals surface area contributed by atoms with Crippen LogP contribution in [0.4, 0.5) is 4.39 Å². The molecule has 21 heavy (non-hydrogen) atoms. The molecular weight excluding hydrogens is 293 g/mol. The largest absolute Gasteiger partial charge is 0.389 e. The molecule has 0 bridgehead atoms. The maximum absolute atomic E-state index is 13.7. The quantitative estimate of drug-likeness (QED) is 0.911. The summed E-state index contributed by atoms with van der Waals surface area (Å²) in [6.45, 7) is 7.00. The van der Waals surface area contributed by atoms with Crippen LogP contribution in [0.1, 0.15) is 44.0 Å². The van der Waals surface area contributed by atoms with Gasteiger partial charge in [0.25, 0.3) is 0 Å². The maximum Gasteiger partial charge on any atom is 0.344 e. The van der Waals surface area contributed by atoms with Gasteiger partial charge in [0.2, 0.25) is 0 Å². The van der Waals surface area contributed by atoms with Crippen molar-refractivity contribution in [1.82, 2.24) is 14.8 Å². The molecule has 0 aliphatic carbocycles. The third-order valence-corrected chi connectivity index (χ3v) is 4.17. The molecule has 0 saturated carbocycles. The van der Waals surface area contributed by atoms with Crippen molar-refractivity contribution in [3.8, 4) is 0 Å². The number of H-pyrrole nitrogens is 1. The minimum absolute atomic E-state index is 0.0460. The smallest absolute Gasteiger partial charge is 0.344 e. The Morgan fingerprint density at radius 1 is 1.38 bits per heavy atom. The van der Waals surface area contributed by atoms with E-state index >= 15 is 0 Å². The molecule has 1 atom stereocenters. The lowest BCUT2D eigenvalue weighted by Crippen LogP contribution is -2.19. The van der Waals surface area contributed by atoms with Gasteiger partial charge in [-0.25, -0.2) is 14.3 Å². The molecule has 2 aromatic rings. The van der Waals surface area contributed by atoms with Crippen LogP contribution in [0.2, 0.25) is 0 Å². The molecule has 0 fully saturated rings. The number of nitrogens with zero attached hydrogens (tertiary/aromatic N) is 2. The van der Waals surface area contributed by atoms with Crippen molar-refractivity contribution >= 4 is 11.8 Å². The highest BCUT2D eigenvalue weighted by atomic mass is 32.2. The summed E-state index contributed by atoms with van der Waals surface area (Å²) in [4.78, 5) is 12.4. The van der Waals surface area contributed by atoms with Gasteiger partial charge >= 0.3 is 5.69 Å². The predicted octanol–water partition coefficient (Wildman–Crippen LogP) is 2.80. The van der Waals surface area contributed by atoms with Crippen LogP contribution >= 0.6 is 11.8 Å². The Morgan fingerprint density at radius 2 is 2.05 bits per heavy atom. The number of hydrogen-bond acceptors (Lipinski definition) is 4. The Hall–Kier alpha value is -1.60. The summed E-state index contributed by atoms with van der Waals surface area (Å²) in [6, 6.07) is 2.94. The van der Waals surface area contributed by atoms with Gasteiger partial charge in [0.15, 0.2) is 5.16 Å². The van der Waals surface area contributed by atoms with Crippen LogP contribution in [0.3, 0.4) is 0 Å². The molecule has 0 saturated heterocycles. The summed E-state index contributed by atoms with van der Waals surface area (Å²) < 4.78 is 15.2. The highest BCUT2D eigenvalue weighted by Gasteiger charge is 2.17. The lowest BCUT2D eigenvalue weighted by Gasteiger charge is -2.14. The number of aryl methyl sites for hydroxylation is 1. The van der Waals surface area contributed by atoms with Gasteiger partial charge in [-0.1, -0.05) is 0 Å². The normalized spacial score (nSPS) is 12.9. The van der Waals surface area contributed by atoms with E-state index in [1.54, 1.807) is 19.9 Å². The van der Waals surface area contributed by atoms with E-state index in [1.165, 1.54) is 22.4 Å². The molecule has 2 rings (SSSR count). The summed E-state index contributed by atoms with van der Waals surface area (Å²) in [7, 11) is 0. The molecule has 1 aromatic carbocycles. The third kappa shape index (κ3) is 3.19. The Bertz CT molecular complexity index is 707. The van der Waals surface area contributed by atoms with E-state index in [4.69, 9.17) is 0 Å². The minimum Gasteiger partial charge on any atom is -0.389 e.